The first kappa shape index (κ1) is 18.8. The van der Waals surface area contributed by atoms with E-state index < -0.39 is 11.5 Å². The van der Waals surface area contributed by atoms with Gasteiger partial charge in [0.1, 0.15) is 5.82 Å². The smallest absolute Gasteiger partial charge is 0.232 e. The van der Waals surface area contributed by atoms with Gasteiger partial charge in [-0.25, -0.2) is 4.39 Å². The Morgan fingerprint density at radius 2 is 1.90 bits per heavy atom. The Morgan fingerprint density at radius 1 is 1.23 bits per heavy atom. The zero-order chi connectivity index (χ0) is 21.0. The summed E-state index contributed by atoms with van der Waals surface area (Å²) in [6, 6.07) is 3.53. The van der Waals surface area contributed by atoms with Crippen LogP contribution in [0.25, 0.3) is 10.9 Å². The molecule has 3 saturated carbocycles. The third-order valence-electron chi connectivity index (χ3n) is 8.28. The second kappa shape index (κ2) is 5.84. The van der Waals surface area contributed by atoms with Crippen molar-refractivity contribution in [3.05, 3.63) is 29.2 Å². The molecule has 160 valence electrons. The second-order valence-electron chi connectivity index (χ2n) is 10.9. The van der Waals surface area contributed by atoms with Crippen molar-refractivity contribution in [2.45, 2.75) is 88.3 Å². The molecule has 3 unspecified atom stereocenters. The number of halogens is 1. The molecular formula is C24H30FN3O2. The van der Waals surface area contributed by atoms with Gasteiger partial charge < -0.3 is 10.0 Å². The average molecular weight is 412 g/mol. The number of aryl methyl sites for hydroxylation is 1. The van der Waals surface area contributed by atoms with Crippen molar-refractivity contribution in [1.29, 1.82) is 0 Å². The van der Waals surface area contributed by atoms with Crippen LogP contribution in [0.1, 0.15) is 81.9 Å². The van der Waals surface area contributed by atoms with Gasteiger partial charge in [-0.1, -0.05) is 6.92 Å². The standard InChI is InChI=1S/C24H30FN3O2/c1-13(21-20-18(27(3)26-21)7-6-17(25)19(20)14-4-5-14)22(29)28-15-8-23(2)9-16(28)11-24(30,10-15)12-23/h6-7,13-16,30H,4-5,8-12H2,1-3H3. The number of hydrogen-bond donors (Lipinski definition) is 1. The fourth-order valence-corrected chi connectivity index (χ4v) is 7.26. The molecule has 2 aromatic rings. The number of rotatable bonds is 3. The number of aromatic nitrogens is 2. The Bertz CT molecular complexity index is 1040. The van der Waals surface area contributed by atoms with E-state index in [0.717, 1.165) is 48.6 Å². The predicted octanol–water partition coefficient (Wildman–Crippen LogP) is 3.99. The van der Waals surface area contributed by atoms with Gasteiger partial charge in [0, 0.05) is 30.1 Å². The summed E-state index contributed by atoms with van der Waals surface area (Å²) in [5, 5.41) is 16.6. The first-order valence-corrected chi connectivity index (χ1v) is 11.4. The summed E-state index contributed by atoms with van der Waals surface area (Å²) < 4.78 is 16.6. The lowest BCUT2D eigenvalue weighted by molar-refractivity contribution is -0.193. The third-order valence-corrected chi connectivity index (χ3v) is 8.28. The average Bonchev–Trinajstić information content (AvgIpc) is 3.42. The summed E-state index contributed by atoms with van der Waals surface area (Å²) in [7, 11) is 1.87. The maximum absolute atomic E-state index is 14.8. The minimum absolute atomic E-state index is 0.0852. The van der Waals surface area contributed by atoms with Crippen LogP contribution in [0.15, 0.2) is 12.1 Å². The summed E-state index contributed by atoms with van der Waals surface area (Å²) in [5.74, 6) is -0.270. The van der Waals surface area contributed by atoms with E-state index in [-0.39, 0.29) is 35.1 Å². The maximum Gasteiger partial charge on any atom is 0.232 e. The second-order valence-corrected chi connectivity index (χ2v) is 10.9. The molecule has 1 aromatic carbocycles. The predicted molar refractivity (Wildman–Crippen MR) is 112 cm³/mol. The van der Waals surface area contributed by atoms with Crippen molar-refractivity contribution < 1.29 is 14.3 Å². The lowest BCUT2D eigenvalue weighted by Crippen LogP contribution is -2.68. The summed E-state index contributed by atoms with van der Waals surface area (Å²) in [5.41, 5.74) is 1.88. The lowest BCUT2D eigenvalue weighted by Gasteiger charge is -2.63. The highest BCUT2D eigenvalue weighted by Crippen LogP contribution is 2.58. The molecule has 3 heterocycles. The molecule has 0 radical (unpaired) electrons. The summed E-state index contributed by atoms with van der Waals surface area (Å²) >= 11 is 0. The van der Waals surface area contributed by atoms with Gasteiger partial charge in [0.15, 0.2) is 0 Å². The Kier molecular flexibility index (Phi) is 3.66. The molecule has 2 saturated heterocycles. The van der Waals surface area contributed by atoms with Crippen molar-refractivity contribution >= 4 is 16.8 Å². The van der Waals surface area contributed by atoms with Crippen LogP contribution in [0.5, 0.6) is 0 Å². The van der Waals surface area contributed by atoms with Gasteiger partial charge in [0.2, 0.25) is 5.91 Å². The van der Waals surface area contributed by atoms with Gasteiger partial charge >= 0.3 is 0 Å². The van der Waals surface area contributed by atoms with Crippen molar-refractivity contribution in [2.24, 2.45) is 12.5 Å². The monoisotopic (exact) mass is 411 g/mol. The van der Waals surface area contributed by atoms with Crippen LogP contribution >= 0.6 is 0 Å². The minimum atomic E-state index is -0.611. The Hall–Kier alpha value is -1.95. The van der Waals surface area contributed by atoms with Crippen LogP contribution < -0.4 is 0 Å². The molecule has 0 spiro atoms. The van der Waals surface area contributed by atoms with Crippen LogP contribution in [0, 0.1) is 11.2 Å². The molecule has 6 heteroatoms. The zero-order valence-corrected chi connectivity index (χ0v) is 18.0. The molecule has 1 aromatic heterocycles. The molecule has 5 nitrogen and oxygen atoms in total. The third kappa shape index (κ3) is 2.55. The molecule has 3 aliphatic carbocycles. The number of benzene rings is 1. The molecule has 1 amide bonds. The van der Waals surface area contributed by atoms with Crippen molar-refractivity contribution in [3.8, 4) is 0 Å². The van der Waals surface area contributed by atoms with Crippen LogP contribution in [0.3, 0.4) is 0 Å². The maximum atomic E-state index is 14.8. The number of nitrogens with zero attached hydrogens (tertiary/aromatic N) is 3. The highest BCUT2D eigenvalue weighted by molar-refractivity contribution is 5.93. The van der Waals surface area contributed by atoms with E-state index in [4.69, 9.17) is 5.10 Å². The molecule has 4 bridgehead atoms. The molecule has 3 atom stereocenters. The number of fused-ring (bicyclic) bond motifs is 1. The summed E-state index contributed by atoms with van der Waals surface area (Å²) in [6.07, 6.45) is 6.16. The Morgan fingerprint density at radius 3 is 2.50 bits per heavy atom. The van der Waals surface area contributed by atoms with Crippen molar-refractivity contribution in [3.63, 3.8) is 0 Å². The SMILES string of the molecule is CC(C(=O)N1C2CC3(C)CC1CC(O)(C2)C3)c1nn(C)c2ccc(F)c(C3CC3)c12. The number of piperidine rings is 2. The van der Waals surface area contributed by atoms with Crippen LogP contribution in [-0.2, 0) is 11.8 Å². The van der Waals surface area contributed by atoms with E-state index in [1.165, 1.54) is 6.07 Å². The van der Waals surface area contributed by atoms with Crippen LogP contribution in [0.2, 0.25) is 0 Å². The first-order valence-electron chi connectivity index (χ1n) is 11.4. The molecule has 7 rings (SSSR count). The van der Waals surface area contributed by atoms with Crippen molar-refractivity contribution in [2.75, 3.05) is 0 Å². The number of aliphatic hydroxyl groups is 1. The number of carbonyl (C=O) groups excluding carboxylic acids is 1. The molecule has 30 heavy (non-hydrogen) atoms. The van der Waals surface area contributed by atoms with E-state index >= 15 is 0 Å². The minimum Gasteiger partial charge on any atom is -0.390 e. The lowest BCUT2D eigenvalue weighted by atomic mass is 9.54. The Labute approximate surface area is 176 Å². The van der Waals surface area contributed by atoms with Gasteiger partial charge in [-0.3, -0.25) is 9.48 Å². The van der Waals surface area contributed by atoms with Crippen LogP contribution in [0.4, 0.5) is 4.39 Å². The number of amides is 1. The van der Waals surface area contributed by atoms with E-state index in [2.05, 4.69) is 11.8 Å². The van der Waals surface area contributed by atoms with Gasteiger partial charge in [-0.15, -0.1) is 0 Å². The van der Waals surface area contributed by atoms with Crippen LogP contribution in [-0.4, -0.2) is 43.4 Å². The van der Waals surface area contributed by atoms with Gasteiger partial charge in [0.25, 0.3) is 0 Å². The van der Waals surface area contributed by atoms with E-state index in [0.29, 0.717) is 18.5 Å². The molecular weight excluding hydrogens is 381 g/mol. The quantitative estimate of drug-likeness (QED) is 0.831. The van der Waals surface area contributed by atoms with Gasteiger partial charge in [0.05, 0.1) is 22.7 Å². The Balaban J connectivity index is 1.39. The zero-order valence-electron chi connectivity index (χ0n) is 18.0. The molecule has 2 aliphatic heterocycles. The normalized spacial score (nSPS) is 36.0. The molecule has 5 aliphatic rings. The molecule has 1 N–H and O–H groups in total. The largest absolute Gasteiger partial charge is 0.390 e. The fraction of sp³-hybridized carbons (Fsp3) is 0.667. The number of hydrogen-bond acceptors (Lipinski definition) is 3. The van der Waals surface area contributed by atoms with E-state index in [1.54, 1.807) is 10.7 Å². The fourth-order valence-electron chi connectivity index (χ4n) is 7.26. The summed E-state index contributed by atoms with van der Waals surface area (Å²) in [4.78, 5) is 15.8. The number of carbonyl (C=O) groups is 1. The highest BCUT2D eigenvalue weighted by Gasteiger charge is 2.59. The summed E-state index contributed by atoms with van der Waals surface area (Å²) in [6.45, 7) is 4.19. The van der Waals surface area contributed by atoms with Gasteiger partial charge in [-0.05, 0) is 75.3 Å². The van der Waals surface area contributed by atoms with Gasteiger partial charge in [-0.2, -0.15) is 5.10 Å². The topological polar surface area (TPSA) is 58.4 Å². The molecule has 5 fully saturated rings. The highest BCUT2D eigenvalue weighted by atomic mass is 19.1. The van der Waals surface area contributed by atoms with E-state index in [1.807, 2.05) is 14.0 Å². The van der Waals surface area contributed by atoms with Crippen molar-refractivity contribution in [1.82, 2.24) is 14.7 Å². The van der Waals surface area contributed by atoms with E-state index in [9.17, 15) is 14.3 Å². The first-order chi connectivity index (χ1) is 14.2.